The van der Waals surface area contributed by atoms with Crippen LogP contribution in [0.2, 0.25) is 5.22 Å². The molecule has 0 saturated carbocycles. The van der Waals surface area contributed by atoms with Gasteiger partial charge >= 0.3 is 0 Å². The normalized spacial score (nSPS) is 20.9. The molecule has 0 aliphatic carbocycles. The van der Waals surface area contributed by atoms with Crippen molar-refractivity contribution >= 4 is 17.5 Å². The van der Waals surface area contributed by atoms with Crippen LogP contribution in [0.25, 0.3) is 0 Å². The van der Waals surface area contributed by atoms with Gasteiger partial charge in [-0.3, -0.25) is 4.79 Å². The third-order valence-electron chi connectivity index (χ3n) is 2.70. The molecule has 0 radical (unpaired) electrons. The summed E-state index contributed by atoms with van der Waals surface area (Å²) in [6.45, 7) is 0.673. The number of carbonyl (C=O) groups is 1. The van der Waals surface area contributed by atoms with E-state index in [1.807, 2.05) is 0 Å². The molecular formula is C10H12ClNO3. The van der Waals surface area contributed by atoms with Crippen molar-refractivity contribution in [2.45, 2.75) is 18.9 Å². The third kappa shape index (κ3) is 1.87. The van der Waals surface area contributed by atoms with Crippen LogP contribution in [0.4, 0.5) is 0 Å². The number of hydrogen-bond acceptors (Lipinski definition) is 3. The van der Waals surface area contributed by atoms with Crippen molar-refractivity contribution < 1.29 is 14.3 Å². The van der Waals surface area contributed by atoms with Gasteiger partial charge in [0, 0.05) is 6.54 Å². The van der Waals surface area contributed by atoms with E-state index in [2.05, 4.69) is 0 Å². The van der Waals surface area contributed by atoms with Crippen LogP contribution in [0.5, 0.6) is 0 Å². The summed E-state index contributed by atoms with van der Waals surface area (Å²) in [5, 5.41) is 9.22. The molecule has 5 heteroatoms. The van der Waals surface area contributed by atoms with Gasteiger partial charge in [0.15, 0.2) is 0 Å². The summed E-state index contributed by atoms with van der Waals surface area (Å²) in [6.07, 6.45) is 3.16. The van der Waals surface area contributed by atoms with Gasteiger partial charge in [-0.2, -0.15) is 0 Å². The lowest BCUT2D eigenvalue weighted by molar-refractivity contribution is 0.0677. The average Bonchev–Trinajstić information content (AvgIpc) is 2.84. The first-order chi connectivity index (χ1) is 7.24. The van der Waals surface area contributed by atoms with E-state index in [4.69, 9.17) is 21.1 Å². The Morgan fingerprint density at radius 2 is 2.53 bits per heavy atom. The summed E-state index contributed by atoms with van der Waals surface area (Å²) in [4.78, 5) is 13.6. The molecule has 1 aliphatic rings. The largest absolute Gasteiger partial charge is 0.452 e. The van der Waals surface area contributed by atoms with Crippen molar-refractivity contribution in [3.63, 3.8) is 0 Å². The van der Waals surface area contributed by atoms with Gasteiger partial charge in [0.1, 0.15) is 0 Å². The van der Waals surface area contributed by atoms with Crippen molar-refractivity contribution in [2.24, 2.45) is 0 Å². The predicted octanol–water partition coefficient (Wildman–Crippen LogP) is 1.53. The van der Waals surface area contributed by atoms with Crippen LogP contribution in [-0.2, 0) is 0 Å². The molecule has 1 N–H and O–H groups in total. The molecule has 1 amide bonds. The second-order valence-electron chi connectivity index (χ2n) is 3.59. The monoisotopic (exact) mass is 229 g/mol. The smallest absolute Gasteiger partial charge is 0.259 e. The second kappa shape index (κ2) is 4.24. The lowest BCUT2D eigenvalue weighted by atomic mass is 10.2. The highest BCUT2D eigenvalue weighted by Crippen LogP contribution is 2.24. The Hall–Kier alpha value is -1.00. The molecule has 15 heavy (non-hydrogen) atoms. The Balaban J connectivity index is 2.18. The summed E-state index contributed by atoms with van der Waals surface area (Å²) in [5.74, 6) is -0.162. The lowest BCUT2D eigenvalue weighted by Crippen LogP contribution is -2.37. The van der Waals surface area contributed by atoms with Crippen LogP contribution in [0, 0.1) is 0 Å². The number of rotatable bonds is 2. The van der Waals surface area contributed by atoms with Crippen molar-refractivity contribution in [3.05, 3.63) is 23.1 Å². The Morgan fingerprint density at radius 1 is 1.73 bits per heavy atom. The maximum Gasteiger partial charge on any atom is 0.259 e. The van der Waals surface area contributed by atoms with E-state index < -0.39 is 0 Å². The molecule has 1 aromatic rings. The van der Waals surface area contributed by atoms with Crippen molar-refractivity contribution in [2.75, 3.05) is 13.2 Å². The molecule has 1 aromatic heterocycles. The molecule has 1 atom stereocenters. The van der Waals surface area contributed by atoms with Crippen LogP contribution in [0.1, 0.15) is 23.2 Å². The molecule has 4 nitrogen and oxygen atoms in total. The van der Waals surface area contributed by atoms with Gasteiger partial charge in [0.2, 0.25) is 5.22 Å². The zero-order chi connectivity index (χ0) is 10.8. The molecule has 1 saturated heterocycles. The first-order valence-corrected chi connectivity index (χ1v) is 5.26. The van der Waals surface area contributed by atoms with E-state index in [1.54, 1.807) is 11.0 Å². The van der Waals surface area contributed by atoms with Gasteiger partial charge in [-0.1, -0.05) is 0 Å². The molecule has 1 aliphatic heterocycles. The molecule has 2 rings (SSSR count). The van der Waals surface area contributed by atoms with Crippen LogP contribution in [-0.4, -0.2) is 35.1 Å². The third-order valence-corrected chi connectivity index (χ3v) is 2.99. The number of carbonyl (C=O) groups excluding carboxylic acids is 1. The zero-order valence-electron chi connectivity index (χ0n) is 8.15. The van der Waals surface area contributed by atoms with Crippen LogP contribution in [0.15, 0.2) is 16.7 Å². The van der Waals surface area contributed by atoms with E-state index in [-0.39, 0.29) is 23.8 Å². The highest BCUT2D eigenvalue weighted by atomic mass is 35.5. The van der Waals surface area contributed by atoms with Gasteiger partial charge in [-0.05, 0) is 30.5 Å². The van der Waals surface area contributed by atoms with Gasteiger partial charge in [0.25, 0.3) is 5.91 Å². The number of amides is 1. The minimum atomic E-state index is -0.162. The first kappa shape index (κ1) is 10.5. The molecule has 1 fully saturated rings. The number of aliphatic hydroxyl groups excluding tert-OH is 1. The van der Waals surface area contributed by atoms with Gasteiger partial charge in [0.05, 0.1) is 24.5 Å². The molecule has 2 heterocycles. The number of furan rings is 1. The minimum Gasteiger partial charge on any atom is -0.452 e. The van der Waals surface area contributed by atoms with Crippen molar-refractivity contribution in [1.82, 2.24) is 4.90 Å². The molecule has 0 aromatic carbocycles. The van der Waals surface area contributed by atoms with Gasteiger partial charge < -0.3 is 14.4 Å². The summed E-state index contributed by atoms with van der Waals surface area (Å²) < 4.78 is 4.87. The first-order valence-electron chi connectivity index (χ1n) is 4.89. The summed E-state index contributed by atoms with van der Waals surface area (Å²) in [5.41, 5.74) is 0.372. The number of nitrogens with zero attached hydrogens (tertiary/aromatic N) is 1. The van der Waals surface area contributed by atoms with Crippen LogP contribution < -0.4 is 0 Å². The molecule has 82 valence electrons. The molecular weight excluding hydrogens is 218 g/mol. The SMILES string of the molecule is O=C(c1ccoc1Cl)N1CCC[C@H]1CO. The van der Waals surface area contributed by atoms with Crippen LogP contribution >= 0.6 is 11.6 Å². The van der Waals surface area contributed by atoms with E-state index in [9.17, 15) is 4.79 Å². The predicted molar refractivity (Wildman–Crippen MR) is 54.9 cm³/mol. The average molecular weight is 230 g/mol. The molecule has 0 bridgehead atoms. The topological polar surface area (TPSA) is 53.7 Å². The second-order valence-corrected chi connectivity index (χ2v) is 3.93. The zero-order valence-corrected chi connectivity index (χ0v) is 8.91. The summed E-state index contributed by atoms with van der Waals surface area (Å²) in [6, 6.07) is 1.47. The standard InChI is InChI=1S/C10H12ClNO3/c11-9-8(3-5-15-9)10(14)12-4-1-2-7(12)6-13/h3,5,7,13H,1-2,4,6H2/t7-/m0/s1. The van der Waals surface area contributed by atoms with Crippen molar-refractivity contribution in [3.8, 4) is 0 Å². The number of aliphatic hydroxyl groups is 1. The fourth-order valence-corrected chi connectivity index (χ4v) is 2.09. The summed E-state index contributed by atoms with van der Waals surface area (Å²) in [7, 11) is 0. The quantitative estimate of drug-likeness (QED) is 0.837. The number of halogens is 1. The fraction of sp³-hybridized carbons (Fsp3) is 0.500. The van der Waals surface area contributed by atoms with E-state index >= 15 is 0 Å². The molecule has 0 unspecified atom stereocenters. The Labute approximate surface area is 92.4 Å². The number of hydrogen-bond donors (Lipinski definition) is 1. The van der Waals surface area contributed by atoms with E-state index in [0.717, 1.165) is 12.8 Å². The minimum absolute atomic E-state index is 0.00120. The maximum absolute atomic E-state index is 12.0. The maximum atomic E-state index is 12.0. The van der Waals surface area contributed by atoms with E-state index in [1.165, 1.54) is 6.26 Å². The Kier molecular flexibility index (Phi) is 2.98. The van der Waals surface area contributed by atoms with Gasteiger partial charge in [-0.15, -0.1) is 0 Å². The summed E-state index contributed by atoms with van der Waals surface area (Å²) >= 11 is 5.73. The van der Waals surface area contributed by atoms with Gasteiger partial charge in [-0.25, -0.2) is 0 Å². The highest BCUT2D eigenvalue weighted by Gasteiger charge is 2.30. The Bertz CT molecular complexity index is 363. The van der Waals surface area contributed by atoms with Crippen LogP contribution in [0.3, 0.4) is 0 Å². The fourth-order valence-electron chi connectivity index (χ4n) is 1.89. The van der Waals surface area contributed by atoms with E-state index in [0.29, 0.717) is 12.1 Å². The van der Waals surface area contributed by atoms with Crippen molar-refractivity contribution in [1.29, 1.82) is 0 Å². The highest BCUT2D eigenvalue weighted by molar-refractivity contribution is 6.32. The molecule has 0 spiro atoms. The Morgan fingerprint density at radius 3 is 3.13 bits per heavy atom. The number of likely N-dealkylation sites (tertiary alicyclic amines) is 1. The lowest BCUT2D eigenvalue weighted by Gasteiger charge is -2.22.